The van der Waals surface area contributed by atoms with Crippen LogP contribution in [0.25, 0.3) is 20.8 Å². The van der Waals surface area contributed by atoms with E-state index in [2.05, 4.69) is 15.1 Å². The summed E-state index contributed by atoms with van der Waals surface area (Å²) >= 11 is 2.35. The van der Waals surface area contributed by atoms with Gasteiger partial charge >= 0.3 is 6.18 Å². The summed E-state index contributed by atoms with van der Waals surface area (Å²) in [6, 6.07) is 4.44. The number of piperidine rings is 1. The first-order valence-corrected chi connectivity index (χ1v) is 12.2. The van der Waals surface area contributed by atoms with Gasteiger partial charge < -0.3 is 9.42 Å². The lowest BCUT2D eigenvalue weighted by atomic mass is 9.97. The molecule has 3 aromatic heterocycles. The number of aromatic nitrogens is 3. The third kappa shape index (κ3) is 4.27. The molecule has 4 aromatic rings. The molecule has 1 fully saturated rings. The zero-order valence-electron chi connectivity index (χ0n) is 18.0. The van der Waals surface area contributed by atoms with Crippen LogP contribution in [0, 0.1) is 17.0 Å². The Morgan fingerprint density at radius 2 is 2.00 bits per heavy atom. The minimum absolute atomic E-state index is 0.00411. The first-order chi connectivity index (χ1) is 16.6. The summed E-state index contributed by atoms with van der Waals surface area (Å²) < 4.78 is 45.6. The fourth-order valence-electron chi connectivity index (χ4n) is 4.14. The van der Waals surface area contributed by atoms with Gasteiger partial charge in [-0.25, -0.2) is 0 Å². The van der Waals surface area contributed by atoms with Crippen LogP contribution in [-0.2, 0) is 6.18 Å². The second-order valence-electron chi connectivity index (χ2n) is 8.03. The quantitative estimate of drug-likeness (QED) is 0.258. The van der Waals surface area contributed by atoms with Crippen molar-refractivity contribution in [2.45, 2.75) is 31.9 Å². The number of alkyl halides is 3. The van der Waals surface area contributed by atoms with Crippen molar-refractivity contribution >= 4 is 43.6 Å². The van der Waals surface area contributed by atoms with Crippen molar-refractivity contribution < 1.29 is 22.6 Å². The second kappa shape index (κ2) is 8.68. The van der Waals surface area contributed by atoms with Crippen LogP contribution in [0.4, 0.5) is 24.0 Å². The van der Waals surface area contributed by atoms with Crippen molar-refractivity contribution in [2.24, 2.45) is 0 Å². The van der Waals surface area contributed by atoms with Crippen LogP contribution < -0.4 is 10.5 Å². The van der Waals surface area contributed by atoms with Gasteiger partial charge in [0.05, 0.1) is 20.8 Å². The molecule has 0 bridgehead atoms. The molecule has 0 aliphatic carbocycles. The Balaban J connectivity index is 1.44. The summed E-state index contributed by atoms with van der Waals surface area (Å²) in [7, 11) is 0. The topological polar surface area (TPSA) is 115 Å². The SMILES string of the molecule is Cc1c(C(F)(F)F)cc2c(=O)nc(N3CCC(c4nc(-c5cccs5)no4)CC3)sc2c1[N+](=O)[O-]. The number of anilines is 1. The lowest BCUT2D eigenvalue weighted by Gasteiger charge is -2.30. The maximum absolute atomic E-state index is 13.4. The van der Waals surface area contributed by atoms with Crippen molar-refractivity contribution in [2.75, 3.05) is 18.0 Å². The predicted octanol–water partition coefficient (Wildman–Crippen LogP) is 5.39. The van der Waals surface area contributed by atoms with E-state index in [4.69, 9.17) is 4.52 Å². The van der Waals surface area contributed by atoms with E-state index in [9.17, 15) is 28.1 Å². The van der Waals surface area contributed by atoms with Crippen LogP contribution in [0.2, 0.25) is 0 Å². The number of halogens is 3. The number of hydrogen-bond acceptors (Lipinski definition) is 10. The summed E-state index contributed by atoms with van der Waals surface area (Å²) in [5.41, 5.74) is -3.39. The van der Waals surface area contributed by atoms with E-state index < -0.39 is 38.9 Å². The molecule has 14 heteroatoms. The second-order valence-corrected chi connectivity index (χ2v) is 9.95. The van der Waals surface area contributed by atoms with E-state index in [-0.39, 0.29) is 15.7 Å². The first-order valence-electron chi connectivity index (χ1n) is 10.5. The van der Waals surface area contributed by atoms with Gasteiger partial charge in [-0.3, -0.25) is 14.9 Å². The minimum atomic E-state index is -4.83. The standard InChI is InChI=1S/C21H16F3N5O4S2/c1-10-13(21(22,23)24)9-12-16(15(10)29(31)32)35-20(26-18(12)30)28-6-4-11(5-7-28)19-25-17(27-33-19)14-3-2-8-34-14/h2-3,8-9,11H,4-7H2,1H3. The molecule has 1 aliphatic rings. The highest BCUT2D eigenvalue weighted by atomic mass is 32.1. The molecule has 0 saturated carbocycles. The van der Waals surface area contributed by atoms with Crippen molar-refractivity contribution in [3.8, 4) is 10.7 Å². The van der Waals surface area contributed by atoms with Gasteiger partial charge in [0.2, 0.25) is 11.7 Å². The Kier molecular flexibility index (Phi) is 5.79. The summed E-state index contributed by atoms with van der Waals surface area (Å²) in [5, 5.41) is 17.5. The third-order valence-corrected chi connectivity index (χ3v) is 7.93. The molecular weight excluding hydrogens is 507 g/mol. The molecule has 1 saturated heterocycles. The molecule has 1 aliphatic heterocycles. The number of hydrogen-bond donors (Lipinski definition) is 0. The average Bonchev–Trinajstić information content (AvgIpc) is 3.50. The van der Waals surface area contributed by atoms with Gasteiger partial charge in [-0.15, -0.1) is 11.3 Å². The van der Waals surface area contributed by atoms with E-state index in [0.717, 1.165) is 23.1 Å². The van der Waals surface area contributed by atoms with Crippen molar-refractivity contribution in [1.82, 2.24) is 15.1 Å². The van der Waals surface area contributed by atoms with Crippen LogP contribution in [0.1, 0.15) is 35.8 Å². The van der Waals surface area contributed by atoms with Gasteiger partial charge in [-0.05, 0) is 37.3 Å². The number of nitrogens with zero attached hydrogens (tertiary/aromatic N) is 5. The molecule has 9 nitrogen and oxygen atoms in total. The Labute approximate surface area is 203 Å². The summed E-state index contributed by atoms with van der Waals surface area (Å²) in [6.07, 6.45) is -3.61. The maximum Gasteiger partial charge on any atom is 0.416 e. The van der Waals surface area contributed by atoms with Gasteiger partial charge in [0, 0.05) is 24.6 Å². The molecule has 0 radical (unpaired) electrons. The number of thiophene rings is 1. The Bertz CT molecular complexity index is 1470. The monoisotopic (exact) mass is 523 g/mol. The molecule has 0 N–H and O–H groups in total. The highest BCUT2D eigenvalue weighted by molar-refractivity contribution is 7.22. The third-order valence-electron chi connectivity index (χ3n) is 5.91. The number of fused-ring (bicyclic) bond motifs is 1. The average molecular weight is 524 g/mol. The van der Waals surface area contributed by atoms with Crippen LogP contribution in [-0.4, -0.2) is 33.1 Å². The molecule has 182 valence electrons. The van der Waals surface area contributed by atoms with Crippen LogP contribution in [0.15, 0.2) is 32.9 Å². The minimum Gasteiger partial charge on any atom is -0.348 e. The molecule has 0 unspecified atom stereocenters. The van der Waals surface area contributed by atoms with E-state index >= 15 is 0 Å². The Hall–Kier alpha value is -3.39. The largest absolute Gasteiger partial charge is 0.416 e. The number of rotatable bonds is 4. The van der Waals surface area contributed by atoms with E-state index in [1.807, 2.05) is 17.5 Å². The van der Waals surface area contributed by atoms with E-state index in [1.54, 1.807) is 4.90 Å². The smallest absolute Gasteiger partial charge is 0.348 e. The highest BCUT2D eigenvalue weighted by Gasteiger charge is 2.38. The normalized spacial score (nSPS) is 15.1. The van der Waals surface area contributed by atoms with Gasteiger partial charge in [0.1, 0.15) is 4.70 Å². The zero-order chi connectivity index (χ0) is 24.9. The summed E-state index contributed by atoms with van der Waals surface area (Å²) in [5.74, 6) is 1.03. The summed E-state index contributed by atoms with van der Waals surface area (Å²) in [4.78, 5) is 34.6. The summed E-state index contributed by atoms with van der Waals surface area (Å²) in [6.45, 7) is 1.96. The van der Waals surface area contributed by atoms with Gasteiger partial charge in [-0.2, -0.15) is 23.1 Å². The zero-order valence-corrected chi connectivity index (χ0v) is 19.7. The molecular formula is C21H16F3N5O4S2. The lowest BCUT2D eigenvalue weighted by Crippen LogP contribution is -2.34. The number of benzene rings is 1. The molecule has 5 rings (SSSR count). The van der Waals surface area contributed by atoms with Crippen molar-refractivity contribution in [1.29, 1.82) is 0 Å². The molecule has 0 spiro atoms. The molecule has 0 atom stereocenters. The van der Waals surface area contributed by atoms with Gasteiger partial charge in [0.25, 0.3) is 11.2 Å². The molecule has 1 aromatic carbocycles. The van der Waals surface area contributed by atoms with Crippen LogP contribution in [0.5, 0.6) is 0 Å². The fraction of sp³-hybridized carbons (Fsp3) is 0.333. The molecule has 0 amide bonds. The lowest BCUT2D eigenvalue weighted by molar-refractivity contribution is -0.383. The Morgan fingerprint density at radius 3 is 2.63 bits per heavy atom. The van der Waals surface area contributed by atoms with Crippen LogP contribution in [0.3, 0.4) is 0 Å². The first kappa shape index (κ1) is 23.4. The van der Waals surface area contributed by atoms with Crippen molar-refractivity contribution in [3.05, 3.63) is 61.1 Å². The number of nitro groups is 1. The highest BCUT2D eigenvalue weighted by Crippen LogP contribution is 2.42. The van der Waals surface area contributed by atoms with E-state index in [0.29, 0.717) is 43.7 Å². The van der Waals surface area contributed by atoms with Crippen LogP contribution >= 0.6 is 22.7 Å². The number of nitro benzene ring substituents is 1. The van der Waals surface area contributed by atoms with Crippen molar-refractivity contribution in [3.63, 3.8) is 0 Å². The maximum atomic E-state index is 13.4. The van der Waals surface area contributed by atoms with Gasteiger partial charge in [0.15, 0.2) is 5.13 Å². The van der Waals surface area contributed by atoms with Gasteiger partial charge in [-0.1, -0.05) is 22.6 Å². The van der Waals surface area contributed by atoms with E-state index in [1.165, 1.54) is 11.3 Å². The molecule has 35 heavy (non-hydrogen) atoms. The fourth-order valence-corrected chi connectivity index (χ4v) is 5.99. The predicted molar refractivity (Wildman–Crippen MR) is 124 cm³/mol. The Morgan fingerprint density at radius 1 is 1.26 bits per heavy atom. The molecule has 4 heterocycles.